The van der Waals surface area contributed by atoms with Gasteiger partial charge in [0.25, 0.3) is 5.91 Å². The van der Waals surface area contributed by atoms with Gasteiger partial charge in [-0.15, -0.1) is 0 Å². The average Bonchev–Trinajstić information content (AvgIpc) is 2.68. The van der Waals surface area contributed by atoms with Crippen molar-refractivity contribution in [3.05, 3.63) is 61.5 Å². The third-order valence-electron chi connectivity index (χ3n) is 4.73. The van der Waals surface area contributed by atoms with Gasteiger partial charge in [-0.25, -0.2) is 0 Å². The highest BCUT2D eigenvalue weighted by atomic mass is 79.9. The molecule has 1 N–H and O–H groups in total. The number of nitrogens with zero attached hydrogens (tertiary/aromatic N) is 1. The normalized spacial score (nSPS) is 11.9. The Morgan fingerprint density at radius 2 is 1.71 bits per heavy atom. The average molecular weight is 530 g/mol. The summed E-state index contributed by atoms with van der Waals surface area (Å²) >= 11 is 15.8. The van der Waals surface area contributed by atoms with E-state index in [1.807, 2.05) is 39.8 Å². The molecule has 0 saturated heterocycles. The van der Waals surface area contributed by atoms with E-state index in [1.165, 1.54) is 4.90 Å². The summed E-state index contributed by atoms with van der Waals surface area (Å²) in [5, 5.41) is 3.78. The van der Waals surface area contributed by atoms with Gasteiger partial charge in [0.2, 0.25) is 5.91 Å². The van der Waals surface area contributed by atoms with Crippen molar-refractivity contribution >= 4 is 50.9 Å². The van der Waals surface area contributed by atoms with Gasteiger partial charge in [-0.05, 0) is 75.6 Å². The van der Waals surface area contributed by atoms with Gasteiger partial charge in [0.15, 0.2) is 6.61 Å². The number of carbonyl (C=O) groups is 2. The molecule has 0 aliphatic heterocycles. The Bertz CT molecular complexity index is 943. The third-order valence-corrected chi connectivity index (χ3v) is 6.56. The van der Waals surface area contributed by atoms with Gasteiger partial charge in [0.1, 0.15) is 11.8 Å². The molecule has 0 aromatic heterocycles. The van der Waals surface area contributed by atoms with Crippen LogP contribution in [0.25, 0.3) is 0 Å². The van der Waals surface area contributed by atoms with Crippen molar-refractivity contribution in [2.45, 2.75) is 53.2 Å². The molecule has 2 amide bonds. The summed E-state index contributed by atoms with van der Waals surface area (Å²) in [6.45, 7) is 9.29. The molecule has 8 heteroatoms. The zero-order valence-electron chi connectivity index (χ0n) is 18.3. The fourth-order valence-corrected chi connectivity index (χ4v) is 3.74. The standard InChI is InChI=1S/C23H27BrCl2N2O3/c1-13(2)27-23(30)16(5)28(11-17-6-7-18(25)10-20(17)26)21(29)12-31-19-8-14(3)22(24)15(4)9-19/h6-10,13,16H,11-12H2,1-5H3,(H,27,30). The number of benzene rings is 2. The fourth-order valence-electron chi connectivity index (χ4n) is 3.04. The van der Waals surface area contributed by atoms with Gasteiger partial charge in [-0.3, -0.25) is 9.59 Å². The molecule has 2 aromatic carbocycles. The van der Waals surface area contributed by atoms with Crippen molar-refractivity contribution in [3.63, 3.8) is 0 Å². The summed E-state index contributed by atoms with van der Waals surface area (Å²) in [5.74, 6) is 0.0229. The number of ether oxygens (including phenoxy) is 1. The van der Waals surface area contributed by atoms with Crippen LogP contribution in [-0.4, -0.2) is 35.4 Å². The molecule has 31 heavy (non-hydrogen) atoms. The molecule has 1 unspecified atom stereocenters. The molecular formula is C23H27BrCl2N2O3. The minimum atomic E-state index is -0.710. The molecule has 0 fully saturated rings. The number of amides is 2. The maximum atomic E-state index is 13.1. The Labute approximate surface area is 202 Å². The molecule has 1 atom stereocenters. The summed E-state index contributed by atoms with van der Waals surface area (Å²) < 4.78 is 6.77. The number of halogens is 3. The first-order valence-electron chi connectivity index (χ1n) is 9.93. The maximum absolute atomic E-state index is 13.1. The van der Waals surface area contributed by atoms with E-state index in [2.05, 4.69) is 21.2 Å². The molecule has 0 spiro atoms. The number of hydrogen-bond donors (Lipinski definition) is 1. The molecule has 0 aliphatic rings. The summed E-state index contributed by atoms with van der Waals surface area (Å²) in [6.07, 6.45) is 0. The Hall–Kier alpha value is -1.76. The molecule has 0 aliphatic carbocycles. The minimum Gasteiger partial charge on any atom is -0.484 e. The lowest BCUT2D eigenvalue weighted by Crippen LogP contribution is -2.50. The number of nitrogens with one attached hydrogen (secondary N) is 1. The molecule has 0 saturated carbocycles. The SMILES string of the molecule is Cc1cc(OCC(=O)N(Cc2ccc(Cl)cc2Cl)C(C)C(=O)NC(C)C)cc(C)c1Br. The van der Waals surface area contributed by atoms with Crippen LogP contribution < -0.4 is 10.1 Å². The Kier molecular flexibility index (Phi) is 9.22. The molecule has 0 bridgehead atoms. The van der Waals surface area contributed by atoms with Gasteiger partial charge in [-0.2, -0.15) is 0 Å². The number of carbonyl (C=O) groups excluding carboxylic acids is 2. The first kappa shape index (κ1) is 25.5. The number of hydrogen-bond acceptors (Lipinski definition) is 3. The lowest BCUT2D eigenvalue weighted by molar-refractivity contribution is -0.142. The van der Waals surface area contributed by atoms with E-state index in [0.29, 0.717) is 21.4 Å². The Morgan fingerprint density at radius 3 is 2.26 bits per heavy atom. The Balaban J connectivity index is 2.23. The third kappa shape index (κ3) is 7.13. The van der Waals surface area contributed by atoms with Crippen LogP contribution in [0.1, 0.15) is 37.5 Å². The van der Waals surface area contributed by atoms with Crippen LogP contribution in [-0.2, 0) is 16.1 Å². The molecule has 168 valence electrons. The summed E-state index contributed by atoms with van der Waals surface area (Å²) in [4.78, 5) is 27.2. The molecule has 0 radical (unpaired) electrons. The van der Waals surface area contributed by atoms with Crippen LogP contribution in [0.2, 0.25) is 10.0 Å². The van der Waals surface area contributed by atoms with E-state index in [9.17, 15) is 9.59 Å². The second-order valence-corrected chi connectivity index (χ2v) is 9.39. The van der Waals surface area contributed by atoms with E-state index in [-0.39, 0.29) is 31.0 Å². The van der Waals surface area contributed by atoms with E-state index in [1.54, 1.807) is 25.1 Å². The first-order valence-corrected chi connectivity index (χ1v) is 11.5. The monoisotopic (exact) mass is 528 g/mol. The van der Waals surface area contributed by atoms with Crippen molar-refractivity contribution in [2.24, 2.45) is 0 Å². The van der Waals surface area contributed by atoms with E-state index in [0.717, 1.165) is 15.6 Å². The molecule has 2 rings (SSSR count). The van der Waals surface area contributed by atoms with Crippen molar-refractivity contribution in [1.82, 2.24) is 10.2 Å². The van der Waals surface area contributed by atoms with Crippen molar-refractivity contribution in [2.75, 3.05) is 6.61 Å². The zero-order chi connectivity index (χ0) is 23.3. The fraction of sp³-hybridized carbons (Fsp3) is 0.391. The van der Waals surface area contributed by atoms with Gasteiger partial charge in [0, 0.05) is 27.1 Å². The highest BCUT2D eigenvalue weighted by molar-refractivity contribution is 9.10. The van der Waals surface area contributed by atoms with Crippen LogP contribution in [0.4, 0.5) is 0 Å². The quantitative estimate of drug-likeness (QED) is 0.477. The van der Waals surface area contributed by atoms with E-state index >= 15 is 0 Å². The van der Waals surface area contributed by atoms with Crippen LogP contribution in [0, 0.1) is 13.8 Å². The lowest BCUT2D eigenvalue weighted by atomic mass is 10.1. The number of aryl methyl sites for hydroxylation is 2. The minimum absolute atomic E-state index is 0.0454. The number of rotatable bonds is 8. The second-order valence-electron chi connectivity index (χ2n) is 7.76. The van der Waals surface area contributed by atoms with Gasteiger partial charge in [0.05, 0.1) is 0 Å². The lowest BCUT2D eigenvalue weighted by Gasteiger charge is -2.29. The van der Waals surface area contributed by atoms with Crippen molar-refractivity contribution in [3.8, 4) is 5.75 Å². The van der Waals surface area contributed by atoms with E-state index < -0.39 is 6.04 Å². The van der Waals surface area contributed by atoms with Crippen LogP contribution in [0.3, 0.4) is 0 Å². The van der Waals surface area contributed by atoms with E-state index in [4.69, 9.17) is 27.9 Å². The summed E-state index contributed by atoms with van der Waals surface area (Å²) in [6, 6.07) is 8.03. The second kappa shape index (κ2) is 11.2. The largest absolute Gasteiger partial charge is 0.484 e. The van der Waals surface area contributed by atoms with Crippen molar-refractivity contribution < 1.29 is 14.3 Å². The molecule has 5 nitrogen and oxygen atoms in total. The highest BCUT2D eigenvalue weighted by Gasteiger charge is 2.27. The first-order chi connectivity index (χ1) is 14.5. The highest BCUT2D eigenvalue weighted by Crippen LogP contribution is 2.27. The molecular weight excluding hydrogens is 503 g/mol. The van der Waals surface area contributed by atoms with Gasteiger partial charge >= 0.3 is 0 Å². The van der Waals surface area contributed by atoms with Crippen LogP contribution in [0.15, 0.2) is 34.8 Å². The topological polar surface area (TPSA) is 58.6 Å². The van der Waals surface area contributed by atoms with Gasteiger partial charge in [-0.1, -0.05) is 45.2 Å². The maximum Gasteiger partial charge on any atom is 0.261 e. The van der Waals surface area contributed by atoms with Gasteiger partial charge < -0.3 is 15.0 Å². The van der Waals surface area contributed by atoms with Crippen LogP contribution >= 0.6 is 39.1 Å². The van der Waals surface area contributed by atoms with Crippen LogP contribution in [0.5, 0.6) is 5.75 Å². The Morgan fingerprint density at radius 1 is 1.10 bits per heavy atom. The summed E-state index contributed by atoms with van der Waals surface area (Å²) in [7, 11) is 0. The summed E-state index contributed by atoms with van der Waals surface area (Å²) in [5.41, 5.74) is 2.72. The smallest absolute Gasteiger partial charge is 0.261 e. The molecule has 0 heterocycles. The zero-order valence-corrected chi connectivity index (χ0v) is 21.4. The van der Waals surface area contributed by atoms with Crippen molar-refractivity contribution in [1.29, 1.82) is 0 Å². The predicted octanol–water partition coefficient (Wildman–Crippen LogP) is 5.69. The molecule has 2 aromatic rings. The predicted molar refractivity (Wildman–Crippen MR) is 129 cm³/mol.